The van der Waals surface area contributed by atoms with Gasteiger partial charge in [0.05, 0.1) is 0 Å². The van der Waals surface area contributed by atoms with E-state index < -0.39 is 0 Å². The average Bonchev–Trinajstić information content (AvgIpc) is 2.37. The molecule has 0 fully saturated rings. The van der Waals surface area contributed by atoms with E-state index in [-0.39, 0.29) is 0 Å². The molecule has 0 saturated carbocycles. The van der Waals surface area contributed by atoms with Crippen molar-refractivity contribution in [3.63, 3.8) is 0 Å². The highest BCUT2D eigenvalue weighted by atomic mass is 14.1. The minimum absolute atomic E-state index is 1.14. The molecule has 0 heterocycles. The number of hydrogen-bond donors (Lipinski definition) is 0. The highest BCUT2D eigenvalue weighted by Crippen LogP contribution is 2.20. The summed E-state index contributed by atoms with van der Waals surface area (Å²) in [5.41, 5.74) is 11.4. The Morgan fingerprint density at radius 3 is 1.10 bits per heavy atom. The maximum absolute atomic E-state index is 2.36. The lowest BCUT2D eigenvalue weighted by atomic mass is 9.93. The fourth-order valence-electron chi connectivity index (χ4n) is 2.85. The second-order valence-corrected chi connectivity index (χ2v) is 6.23. The third-order valence-corrected chi connectivity index (χ3v) is 4.57. The Morgan fingerprint density at radius 2 is 0.750 bits per heavy atom. The molecule has 0 atom stereocenters. The van der Waals surface area contributed by atoms with Gasteiger partial charge in [-0.05, 0) is 98.9 Å². The molecule has 0 bridgehead atoms. The van der Waals surface area contributed by atoms with Gasteiger partial charge in [-0.15, -0.1) is 0 Å². The van der Waals surface area contributed by atoms with E-state index in [2.05, 4.69) is 65.8 Å². The Balaban J connectivity index is 2.21. The summed E-state index contributed by atoms with van der Waals surface area (Å²) in [6, 6.07) is 9.36. The van der Waals surface area contributed by atoms with Crippen LogP contribution in [0.3, 0.4) is 0 Å². The molecule has 2 aromatic carbocycles. The second kappa shape index (κ2) is 5.83. The third-order valence-electron chi connectivity index (χ3n) is 4.57. The van der Waals surface area contributed by atoms with E-state index in [0.29, 0.717) is 0 Å². The highest BCUT2D eigenvalue weighted by Gasteiger charge is 2.06. The van der Waals surface area contributed by atoms with Gasteiger partial charge in [0.25, 0.3) is 0 Å². The van der Waals surface area contributed by atoms with Gasteiger partial charge in [-0.1, -0.05) is 24.3 Å². The molecule has 0 spiro atoms. The zero-order chi connectivity index (χ0) is 14.9. The summed E-state index contributed by atoms with van der Waals surface area (Å²) in [5, 5.41) is 0. The minimum atomic E-state index is 1.14. The molecular weight excluding hydrogens is 240 g/mol. The standard InChI is InChI=1S/C20H26/c1-13-9-17(5)19(11-15(13)3)7-8-20-12-16(4)14(2)10-18(20)6/h9-12H,7-8H2,1-6H3. The third kappa shape index (κ3) is 3.12. The predicted octanol–water partition coefficient (Wildman–Crippen LogP) is 5.32. The molecule has 0 N–H and O–H groups in total. The van der Waals surface area contributed by atoms with Crippen LogP contribution < -0.4 is 0 Å². The number of aryl methyl sites for hydroxylation is 8. The average molecular weight is 266 g/mol. The first-order chi connectivity index (χ1) is 9.38. The minimum Gasteiger partial charge on any atom is -0.0558 e. The molecule has 20 heavy (non-hydrogen) atoms. The van der Waals surface area contributed by atoms with Crippen LogP contribution in [0.1, 0.15) is 44.5 Å². The SMILES string of the molecule is Cc1cc(C)c(CCc2cc(C)c(C)cc2C)cc1C. The summed E-state index contributed by atoms with van der Waals surface area (Å²) in [4.78, 5) is 0. The van der Waals surface area contributed by atoms with Gasteiger partial charge < -0.3 is 0 Å². The Morgan fingerprint density at radius 1 is 0.450 bits per heavy atom. The van der Waals surface area contributed by atoms with Crippen molar-refractivity contribution in [3.05, 3.63) is 68.8 Å². The van der Waals surface area contributed by atoms with Crippen molar-refractivity contribution in [2.75, 3.05) is 0 Å². The lowest BCUT2D eigenvalue weighted by molar-refractivity contribution is 0.931. The Bertz CT molecular complexity index is 575. The van der Waals surface area contributed by atoms with Crippen molar-refractivity contribution >= 4 is 0 Å². The fourth-order valence-corrected chi connectivity index (χ4v) is 2.85. The van der Waals surface area contributed by atoms with Crippen LogP contribution in [0.2, 0.25) is 0 Å². The van der Waals surface area contributed by atoms with E-state index in [4.69, 9.17) is 0 Å². The summed E-state index contributed by atoms with van der Waals surface area (Å²) in [6.07, 6.45) is 2.27. The van der Waals surface area contributed by atoms with Gasteiger partial charge in [-0.2, -0.15) is 0 Å². The molecule has 0 aliphatic rings. The van der Waals surface area contributed by atoms with Gasteiger partial charge in [-0.3, -0.25) is 0 Å². The summed E-state index contributed by atoms with van der Waals surface area (Å²) in [5.74, 6) is 0. The van der Waals surface area contributed by atoms with Crippen molar-refractivity contribution < 1.29 is 0 Å². The Kier molecular flexibility index (Phi) is 4.32. The smallest absolute Gasteiger partial charge is 0.0235 e. The van der Waals surface area contributed by atoms with E-state index in [1.54, 1.807) is 0 Å². The summed E-state index contributed by atoms with van der Waals surface area (Å²) in [6.45, 7) is 13.3. The van der Waals surface area contributed by atoms with E-state index in [1.807, 2.05) is 0 Å². The largest absolute Gasteiger partial charge is 0.0558 e. The van der Waals surface area contributed by atoms with Crippen LogP contribution in [0, 0.1) is 41.5 Å². The van der Waals surface area contributed by atoms with Gasteiger partial charge in [0.15, 0.2) is 0 Å². The van der Waals surface area contributed by atoms with E-state index in [1.165, 1.54) is 44.5 Å². The van der Waals surface area contributed by atoms with Crippen LogP contribution in [-0.4, -0.2) is 0 Å². The first-order valence-corrected chi connectivity index (χ1v) is 7.52. The van der Waals surface area contributed by atoms with Gasteiger partial charge in [0.2, 0.25) is 0 Å². The normalized spacial score (nSPS) is 10.9. The van der Waals surface area contributed by atoms with E-state index in [9.17, 15) is 0 Å². The van der Waals surface area contributed by atoms with Gasteiger partial charge >= 0.3 is 0 Å². The Hall–Kier alpha value is -1.56. The van der Waals surface area contributed by atoms with Crippen LogP contribution in [0.25, 0.3) is 0 Å². The molecule has 0 nitrogen and oxygen atoms in total. The monoisotopic (exact) mass is 266 g/mol. The molecule has 0 saturated heterocycles. The lowest BCUT2D eigenvalue weighted by Gasteiger charge is -2.13. The predicted molar refractivity (Wildman–Crippen MR) is 88.7 cm³/mol. The zero-order valence-corrected chi connectivity index (χ0v) is 13.7. The van der Waals surface area contributed by atoms with Crippen LogP contribution >= 0.6 is 0 Å². The van der Waals surface area contributed by atoms with Gasteiger partial charge in [0, 0.05) is 0 Å². The number of rotatable bonds is 3. The molecule has 0 aliphatic heterocycles. The molecule has 0 heteroatoms. The topological polar surface area (TPSA) is 0 Å². The van der Waals surface area contributed by atoms with Gasteiger partial charge in [-0.25, -0.2) is 0 Å². The van der Waals surface area contributed by atoms with Crippen LogP contribution in [0.15, 0.2) is 24.3 Å². The first kappa shape index (κ1) is 14.8. The highest BCUT2D eigenvalue weighted by molar-refractivity contribution is 5.39. The molecule has 0 aromatic heterocycles. The fraction of sp³-hybridized carbons (Fsp3) is 0.400. The quantitative estimate of drug-likeness (QED) is 0.705. The van der Waals surface area contributed by atoms with Crippen molar-refractivity contribution in [3.8, 4) is 0 Å². The van der Waals surface area contributed by atoms with Gasteiger partial charge in [0.1, 0.15) is 0 Å². The van der Waals surface area contributed by atoms with E-state index in [0.717, 1.165) is 12.8 Å². The molecule has 0 radical (unpaired) electrons. The lowest BCUT2D eigenvalue weighted by Crippen LogP contribution is -1.99. The van der Waals surface area contributed by atoms with Crippen LogP contribution in [-0.2, 0) is 12.8 Å². The van der Waals surface area contributed by atoms with E-state index >= 15 is 0 Å². The zero-order valence-electron chi connectivity index (χ0n) is 13.7. The number of hydrogen-bond acceptors (Lipinski definition) is 0. The van der Waals surface area contributed by atoms with Crippen LogP contribution in [0.5, 0.6) is 0 Å². The maximum atomic E-state index is 2.36. The summed E-state index contributed by atoms with van der Waals surface area (Å²) < 4.78 is 0. The molecule has 2 rings (SSSR count). The maximum Gasteiger partial charge on any atom is -0.0235 e. The molecular formula is C20H26. The summed E-state index contributed by atoms with van der Waals surface area (Å²) in [7, 11) is 0. The molecule has 2 aromatic rings. The van der Waals surface area contributed by atoms with Crippen molar-refractivity contribution in [2.45, 2.75) is 54.4 Å². The molecule has 0 unspecified atom stereocenters. The number of benzene rings is 2. The summed E-state index contributed by atoms with van der Waals surface area (Å²) >= 11 is 0. The van der Waals surface area contributed by atoms with Crippen LogP contribution in [0.4, 0.5) is 0 Å². The first-order valence-electron chi connectivity index (χ1n) is 7.52. The van der Waals surface area contributed by atoms with Crippen molar-refractivity contribution in [1.82, 2.24) is 0 Å². The second-order valence-electron chi connectivity index (χ2n) is 6.23. The van der Waals surface area contributed by atoms with Crippen molar-refractivity contribution in [1.29, 1.82) is 0 Å². The molecule has 0 amide bonds. The van der Waals surface area contributed by atoms with Crippen molar-refractivity contribution in [2.24, 2.45) is 0 Å². The molecule has 0 aliphatic carbocycles. The molecule has 106 valence electrons. The Labute approximate surface area is 123 Å².